The van der Waals surface area contributed by atoms with Gasteiger partial charge in [-0.15, -0.1) is 12.3 Å². The van der Waals surface area contributed by atoms with Crippen LogP contribution in [0.15, 0.2) is 12.3 Å². The average Bonchev–Trinajstić information content (AvgIpc) is 2.47. The van der Waals surface area contributed by atoms with Crippen LogP contribution < -0.4 is 0 Å². The number of nitrogens with zero attached hydrogens (tertiary/aromatic N) is 2. The summed E-state index contributed by atoms with van der Waals surface area (Å²) in [5.41, 5.74) is -0.885. The summed E-state index contributed by atoms with van der Waals surface area (Å²) in [5, 5.41) is 3.32. The second kappa shape index (κ2) is 3.52. The fourth-order valence-electron chi connectivity index (χ4n) is 0.817. The molecule has 0 saturated heterocycles. The molecule has 0 aliphatic rings. The molecule has 0 atom stereocenters. The Balaban J connectivity index is 2.71. The Morgan fingerprint density at radius 1 is 1.54 bits per heavy atom. The van der Waals surface area contributed by atoms with E-state index in [1.54, 1.807) is 0 Å². The van der Waals surface area contributed by atoms with Gasteiger partial charge in [-0.25, -0.2) is 0 Å². The lowest BCUT2D eigenvalue weighted by Gasteiger charge is -2.00. The van der Waals surface area contributed by atoms with Gasteiger partial charge >= 0.3 is 6.18 Å². The SMILES string of the molecule is C#CCCn1ccc(C(F)(F)F)n1. The van der Waals surface area contributed by atoms with Crippen LogP contribution in [-0.4, -0.2) is 9.78 Å². The number of alkyl halides is 3. The maximum Gasteiger partial charge on any atom is 0.435 e. The van der Waals surface area contributed by atoms with Gasteiger partial charge in [-0.2, -0.15) is 18.3 Å². The molecule has 1 aromatic heterocycles. The maximum atomic E-state index is 12.0. The van der Waals surface area contributed by atoms with Crippen LogP contribution in [0, 0.1) is 12.3 Å². The first-order chi connectivity index (χ1) is 6.04. The van der Waals surface area contributed by atoms with E-state index in [9.17, 15) is 13.2 Å². The van der Waals surface area contributed by atoms with E-state index in [1.165, 1.54) is 10.9 Å². The molecule has 0 spiro atoms. The van der Waals surface area contributed by atoms with Crippen LogP contribution in [0.25, 0.3) is 0 Å². The topological polar surface area (TPSA) is 17.8 Å². The van der Waals surface area contributed by atoms with Crippen molar-refractivity contribution in [3.63, 3.8) is 0 Å². The fraction of sp³-hybridized carbons (Fsp3) is 0.375. The summed E-state index contributed by atoms with van der Waals surface area (Å²) in [6.45, 7) is 0.312. The smallest absolute Gasteiger partial charge is 0.271 e. The van der Waals surface area contributed by atoms with E-state index in [2.05, 4.69) is 11.0 Å². The minimum atomic E-state index is -4.37. The Morgan fingerprint density at radius 2 is 2.23 bits per heavy atom. The lowest BCUT2D eigenvalue weighted by Crippen LogP contribution is -2.07. The second-order valence-electron chi connectivity index (χ2n) is 2.42. The molecule has 0 aliphatic heterocycles. The van der Waals surface area contributed by atoms with Crippen molar-refractivity contribution in [2.75, 3.05) is 0 Å². The van der Waals surface area contributed by atoms with Gasteiger partial charge in [0.2, 0.25) is 0 Å². The molecule has 0 saturated carbocycles. The van der Waals surface area contributed by atoms with E-state index in [1.807, 2.05) is 0 Å². The fourth-order valence-corrected chi connectivity index (χ4v) is 0.817. The van der Waals surface area contributed by atoms with Crippen molar-refractivity contribution in [2.24, 2.45) is 0 Å². The maximum absolute atomic E-state index is 12.0. The highest BCUT2D eigenvalue weighted by Gasteiger charge is 2.33. The summed E-state index contributed by atoms with van der Waals surface area (Å²) in [6.07, 6.45) is 2.22. The van der Waals surface area contributed by atoms with E-state index >= 15 is 0 Å². The van der Waals surface area contributed by atoms with Crippen LogP contribution in [0.3, 0.4) is 0 Å². The van der Waals surface area contributed by atoms with Gasteiger partial charge in [0.25, 0.3) is 0 Å². The van der Waals surface area contributed by atoms with Crippen LogP contribution in [0.4, 0.5) is 13.2 Å². The first-order valence-electron chi connectivity index (χ1n) is 3.58. The molecular formula is C8H7F3N2. The number of halogens is 3. The summed E-state index contributed by atoms with van der Waals surface area (Å²) in [4.78, 5) is 0. The summed E-state index contributed by atoms with van der Waals surface area (Å²) in [7, 11) is 0. The number of rotatable bonds is 2. The van der Waals surface area contributed by atoms with Crippen LogP contribution in [0.1, 0.15) is 12.1 Å². The molecule has 0 aromatic carbocycles. The first kappa shape index (κ1) is 9.65. The Hall–Kier alpha value is -1.44. The molecule has 5 heteroatoms. The zero-order valence-electron chi connectivity index (χ0n) is 6.67. The number of hydrogen-bond donors (Lipinski definition) is 0. The van der Waals surface area contributed by atoms with Crippen LogP contribution in [0.5, 0.6) is 0 Å². The summed E-state index contributed by atoms with van der Waals surface area (Å²) in [5.74, 6) is 2.32. The summed E-state index contributed by atoms with van der Waals surface area (Å²) < 4.78 is 37.2. The average molecular weight is 188 g/mol. The van der Waals surface area contributed by atoms with Gasteiger partial charge in [-0.1, -0.05) is 0 Å². The van der Waals surface area contributed by atoms with E-state index < -0.39 is 11.9 Å². The highest BCUT2D eigenvalue weighted by atomic mass is 19.4. The standard InChI is InChI=1S/C8H7F3N2/c1-2-3-5-13-6-4-7(12-13)8(9,10)11/h1,4,6H,3,5H2. The molecule has 0 unspecified atom stereocenters. The van der Waals surface area contributed by atoms with Crippen molar-refractivity contribution in [3.8, 4) is 12.3 Å². The minimum Gasteiger partial charge on any atom is -0.271 e. The van der Waals surface area contributed by atoms with Crippen molar-refractivity contribution in [1.82, 2.24) is 9.78 Å². The number of terminal acetylenes is 1. The van der Waals surface area contributed by atoms with Gasteiger partial charge in [-0.3, -0.25) is 4.68 Å². The molecule has 13 heavy (non-hydrogen) atoms. The monoisotopic (exact) mass is 188 g/mol. The van der Waals surface area contributed by atoms with Crippen molar-refractivity contribution < 1.29 is 13.2 Å². The molecule has 0 radical (unpaired) electrons. The number of aromatic nitrogens is 2. The molecule has 0 amide bonds. The van der Waals surface area contributed by atoms with Gasteiger partial charge in [-0.05, 0) is 6.07 Å². The van der Waals surface area contributed by atoms with Gasteiger partial charge in [0.1, 0.15) is 0 Å². The van der Waals surface area contributed by atoms with Gasteiger partial charge < -0.3 is 0 Å². The largest absolute Gasteiger partial charge is 0.435 e. The number of aryl methyl sites for hydroxylation is 1. The third kappa shape index (κ3) is 2.51. The lowest BCUT2D eigenvalue weighted by molar-refractivity contribution is -0.141. The highest BCUT2D eigenvalue weighted by molar-refractivity contribution is 5.03. The Labute approximate surface area is 73.4 Å². The van der Waals surface area contributed by atoms with Gasteiger partial charge in [0.15, 0.2) is 5.69 Å². The predicted octanol–water partition coefficient (Wildman–Crippen LogP) is 1.93. The normalized spacial score (nSPS) is 11.2. The quantitative estimate of drug-likeness (QED) is 0.648. The minimum absolute atomic E-state index is 0.312. The zero-order valence-corrected chi connectivity index (χ0v) is 6.67. The first-order valence-corrected chi connectivity index (χ1v) is 3.58. The van der Waals surface area contributed by atoms with Crippen molar-refractivity contribution in [1.29, 1.82) is 0 Å². The van der Waals surface area contributed by atoms with E-state index in [4.69, 9.17) is 6.42 Å². The van der Waals surface area contributed by atoms with Crippen molar-refractivity contribution >= 4 is 0 Å². The zero-order chi connectivity index (χ0) is 9.90. The van der Waals surface area contributed by atoms with E-state index in [0.717, 1.165) is 6.07 Å². The number of hydrogen-bond acceptors (Lipinski definition) is 1. The highest BCUT2D eigenvalue weighted by Crippen LogP contribution is 2.27. The molecule has 0 aliphatic carbocycles. The molecule has 70 valence electrons. The van der Waals surface area contributed by atoms with E-state index in [-0.39, 0.29) is 0 Å². The molecule has 2 nitrogen and oxygen atoms in total. The second-order valence-corrected chi connectivity index (χ2v) is 2.42. The van der Waals surface area contributed by atoms with Crippen LogP contribution in [-0.2, 0) is 12.7 Å². The molecule has 1 heterocycles. The van der Waals surface area contributed by atoms with Gasteiger partial charge in [0.05, 0.1) is 6.54 Å². The van der Waals surface area contributed by atoms with Gasteiger partial charge in [0, 0.05) is 12.6 Å². The lowest BCUT2D eigenvalue weighted by atomic mass is 10.4. The Morgan fingerprint density at radius 3 is 2.69 bits per heavy atom. The third-order valence-electron chi connectivity index (χ3n) is 1.42. The molecule has 0 fully saturated rings. The van der Waals surface area contributed by atoms with E-state index in [0.29, 0.717) is 13.0 Å². The van der Waals surface area contributed by atoms with Crippen molar-refractivity contribution in [3.05, 3.63) is 18.0 Å². The predicted molar refractivity (Wildman–Crippen MR) is 40.7 cm³/mol. The molecule has 1 rings (SSSR count). The third-order valence-corrected chi connectivity index (χ3v) is 1.42. The molecule has 0 bridgehead atoms. The summed E-state index contributed by atoms with van der Waals surface area (Å²) >= 11 is 0. The van der Waals surface area contributed by atoms with Crippen LogP contribution >= 0.6 is 0 Å². The molecular weight excluding hydrogens is 181 g/mol. The van der Waals surface area contributed by atoms with Crippen LogP contribution in [0.2, 0.25) is 0 Å². The Kier molecular flexibility index (Phi) is 2.61. The van der Waals surface area contributed by atoms with Crippen molar-refractivity contribution in [2.45, 2.75) is 19.1 Å². The Bertz CT molecular complexity index is 319. The summed E-state index contributed by atoms with van der Waals surface area (Å²) in [6, 6.07) is 0.927. The molecule has 0 N–H and O–H groups in total. The molecule has 1 aromatic rings.